The number of halogens is 1. The van der Waals surface area contributed by atoms with E-state index in [4.69, 9.17) is 0 Å². The normalized spacial score (nSPS) is 19.7. The summed E-state index contributed by atoms with van der Waals surface area (Å²) < 4.78 is 29.6. The highest BCUT2D eigenvalue weighted by Crippen LogP contribution is 2.27. The van der Waals surface area contributed by atoms with Crippen molar-refractivity contribution < 1.29 is 13.2 Å². The van der Waals surface area contributed by atoms with Crippen LogP contribution < -0.4 is 4.72 Å². The Balaban J connectivity index is 1.46. The Labute approximate surface area is 203 Å². The van der Waals surface area contributed by atoms with Crippen LogP contribution in [0.15, 0.2) is 50.5 Å². The van der Waals surface area contributed by atoms with Gasteiger partial charge in [0.25, 0.3) is 10.0 Å². The molecule has 2 aromatic rings. The van der Waals surface area contributed by atoms with Crippen LogP contribution in [0.3, 0.4) is 0 Å². The first kappa shape index (κ1) is 23.9. The topological polar surface area (TPSA) is 69.7 Å². The Morgan fingerprint density at radius 2 is 1.72 bits per heavy atom. The maximum Gasteiger partial charge on any atom is 0.250 e. The third kappa shape index (κ3) is 5.99. The van der Waals surface area contributed by atoms with E-state index in [1.54, 1.807) is 12.1 Å². The highest BCUT2D eigenvalue weighted by molar-refractivity contribution is 9.11. The summed E-state index contributed by atoms with van der Waals surface area (Å²) in [6, 6.07) is 12.6. The van der Waals surface area contributed by atoms with E-state index in [1.165, 1.54) is 19.3 Å². The number of sulfonamides is 1. The molecule has 1 aromatic carbocycles. The van der Waals surface area contributed by atoms with Crippen LogP contribution in [0.2, 0.25) is 0 Å². The number of hydrogen-bond donors (Lipinski definition) is 1. The summed E-state index contributed by atoms with van der Waals surface area (Å²) in [5, 5.41) is 0. The fourth-order valence-corrected chi connectivity index (χ4v) is 7.89. The van der Waals surface area contributed by atoms with Crippen LogP contribution in [0.5, 0.6) is 0 Å². The predicted octanol–water partition coefficient (Wildman–Crippen LogP) is 3.88. The van der Waals surface area contributed by atoms with Gasteiger partial charge in [0.05, 0.1) is 3.79 Å². The van der Waals surface area contributed by atoms with E-state index in [0.717, 1.165) is 46.6 Å². The van der Waals surface area contributed by atoms with Gasteiger partial charge < -0.3 is 9.80 Å². The van der Waals surface area contributed by atoms with Gasteiger partial charge in [-0.25, -0.2) is 8.42 Å². The predicted molar refractivity (Wildman–Crippen MR) is 131 cm³/mol. The van der Waals surface area contributed by atoms with Crippen molar-refractivity contribution in [1.82, 2.24) is 14.5 Å². The zero-order valence-corrected chi connectivity index (χ0v) is 21.3. The van der Waals surface area contributed by atoms with E-state index in [9.17, 15) is 13.2 Å². The standard InChI is InChI=1S/C23H30BrN3O3S2/c24-21-9-10-22(31-21)32(29,30)25-20(17-18-7-3-1-4-8-18)23(28)27-15-11-19(12-16-27)26-13-5-2-6-14-26/h1,3-4,7-10,19-20,25H,2,5-6,11-17H2. The highest BCUT2D eigenvalue weighted by atomic mass is 79.9. The van der Waals surface area contributed by atoms with Gasteiger partial charge in [-0.15, -0.1) is 11.3 Å². The SMILES string of the molecule is O=C(C(Cc1ccccc1)NS(=O)(=O)c1ccc(Br)s1)N1CCC(N2CCCCC2)CC1. The molecule has 0 aliphatic carbocycles. The number of amides is 1. The van der Waals surface area contributed by atoms with Gasteiger partial charge >= 0.3 is 0 Å². The second-order valence-electron chi connectivity index (χ2n) is 8.58. The average molecular weight is 541 g/mol. The van der Waals surface area contributed by atoms with Crippen molar-refractivity contribution in [3.8, 4) is 0 Å². The molecule has 1 unspecified atom stereocenters. The molecule has 6 nitrogen and oxygen atoms in total. The molecular formula is C23H30BrN3O3S2. The molecule has 174 valence electrons. The van der Waals surface area contributed by atoms with Crippen LogP contribution in [0.1, 0.15) is 37.7 Å². The molecule has 1 amide bonds. The number of benzene rings is 1. The fourth-order valence-electron chi connectivity index (χ4n) is 4.67. The van der Waals surface area contributed by atoms with Crippen molar-refractivity contribution in [1.29, 1.82) is 0 Å². The molecule has 2 saturated heterocycles. The molecule has 32 heavy (non-hydrogen) atoms. The third-order valence-corrected chi connectivity index (χ3v) is 9.96. The Morgan fingerprint density at radius 3 is 2.34 bits per heavy atom. The lowest BCUT2D eigenvalue weighted by Crippen LogP contribution is -2.54. The molecule has 9 heteroatoms. The number of nitrogens with one attached hydrogen (secondary N) is 1. The van der Waals surface area contributed by atoms with Gasteiger partial charge in [0.2, 0.25) is 5.91 Å². The Hall–Kier alpha value is -1.26. The number of rotatable bonds is 7. The smallest absolute Gasteiger partial charge is 0.250 e. The molecule has 1 atom stereocenters. The van der Waals surface area contributed by atoms with Crippen LogP contribution in [-0.2, 0) is 21.2 Å². The second kappa shape index (κ2) is 10.8. The summed E-state index contributed by atoms with van der Waals surface area (Å²) in [5.74, 6) is -0.134. The molecule has 1 aromatic heterocycles. The maximum atomic E-state index is 13.5. The summed E-state index contributed by atoms with van der Waals surface area (Å²) in [4.78, 5) is 17.9. The summed E-state index contributed by atoms with van der Waals surface area (Å²) in [6.45, 7) is 3.67. The van der Waals surface area contributed by atoms with E-state index in [2.05, 4.69) is 25.6 Å². The van der Waals surface area contributed by atoms with Crippen molar-refractivity contribution >= 4 is 43.2 Å². The van der Waals surface area contributed by atoms with Gasteiger partial charge in [-0.3, -0.25) is 4.79 Å². The molecule has 0 saturated carbocycles. The number of carbonyl (C=O) groups excluding carboxylic acids is 1. The highest BCUT2D eigenvalue weighted by Gasteiger charge is 2.33. The van der Waals surface area contributed by atoms with Crippen molar-refractivity contribution in [3.63, 3.8) is 0 Å². The van der Waals surface area contributed by atoms with E-state index in [1.807, 2.05) is 35.2 Å². The quantitative estimate of drug-likeness (QED) is 0.579. The van der Waals surface area contributed by atoms with Crippen LogP contribution in [0.4, 0.5) is 0 Å². The minimum Gasteiger partial charge on any atom is -0.341 e. The van der Waals surface area contributed by atoms with Crippen LogP contribution in [0, 0.1) is 0 Å². The number of thiophene rings is 1. The van der Waals surface area contributed by atoms with Gasteiger partial charge in [-0.1, -0.05) is 36.8 Å². The van der Waals surface area contributed by atoms with Crippen molar-refractivity contribution in [2.24, 2.45) is 0 Å². The summed E-state index contributed by atoms with van der Waals surface area (Å²) in [5.41, 5.74) is 0.934. The first-order chi connectivity index (χ1) is 15.4. The number of carbonyl (C=O) groups is 1. The second-order valence-corrected chi connectivity index (χ2v) is 13.0. The van der Waals surface area contributed by atoms with Gasteiger partial charge in [0.15, 0.2) is 0 Å². The third-order valence-electron chi connectivity index (χ3n) is 6.37. The number of piperidine rings is 2. The Kier molecular flexibility index (Phi) is 8.04. The largest absolute Gasteiger partial charge is 0.341 e. The first-order valence-electron chi connectivity index (χ1n) is 11.3. The number of likely N-dealkylation sites (tertiary alicyclic amines) is 2. The molecule has 0 spiro atoms. The minimum absolute atomic E-state index is 0.134. The van der Waals surface area contributed by atoms with Crippen molar-refractivity contribution in [2.75, 3.05) is 26.2 Å². The minimum atomic E-state index is -3.79. The van der Waals surface area contributed by atoms with Gasteiger partial charge in [-0.05, 0) is 78.8 Å². The number of nitrogens with zero attached hydrogens (tertiary/aromatic N) is 2. The number of hydrogen-bond acceptors (Lipinski definition) is 5. The van der Waals surface area contributed by atoms with Crippen LogP contribution >= 0.6 is 27.3 Å². The van der Waals surface area contributed by atoms with Gasteiger partial charge in [0.1, 0.15) is 10.3 Å². The molecule has 1 N–H and O–H groups in total. The lowest BCUT2D eigenvalue weighted by atomic mass is 9.98. The van der Waals surface area contributed by atoms with Crippen molar-refractivity contribution in [2.45, 2.75) is 54.8 Å². The van der Waals surface area contributed by atoms with Crippen molar-refractivity contribution in [3.05, 3.63) is 51.8 Å². The van der Waals surface area contributed by atoms with E-state index in [-0.39, 0.29) is 10.1 Å². The molecule has 3 heterocycles. The van der Waals surface area contributed by atoms with Crippen LogP contribution in [-0.4, -0.2) is 62.4 Å². The maximum absolute atomic E-state index is 13.5. The molecule has 2 aliphatic rings. The average Bonchev–Trinajstić information content (AvgIpc) is 3.27. The molecule has 2 fully saturated rings. The molecular weight excluding hydrogens is 510 g/mol. The summed E-state index contributed by atoms with van der Waals surface area (Å²) in [6.07, 6.45) is 6.08. The summed E-state index contributed by atoms with van der Waals surface area (Å²) in [7, 11) is -3.79. The van der Waals surface area contributed by atoms with Gasteiger partial charge in [0, 0.05) is 19.1 Å². The summed E-state index contributed by atoms with van der Waals surface area (Å²) >= 11 is 4.46. The van der Waals surface area contributed by atoms with E-state index >= 15 is 0 Å². The lowest BCUT2D eigenvalue weighted by Gasteiger charge is -2.41. The monoisotopic (exact) mass is 539 g/mol. The lowest BCUT2D eigenvalue weighted by molar-refractivity contribution is -0.134. The zero-order chi connectivity index (χ0) is 22.6. The van der Waals surface area contributed by atoms with E-state index < -0.39 is 16.1 Å². The fraction of sp³-hybridized carbons (Fsp3) is 0.522. The Morgan fingerprint density at radius 1 is 1.03 bits per heavy atom. The molecule has 0 radical (unpaired) electrons. The molecule has 0 bridgehead atoms. The van der Waals surface area contributed by atoms with Gasteiger partial charge in [-0.2, -0.15) is 4.72 Å². The molecule has 4 rings (SSSR count). The van der Waals surface area contributed by atoms with E-state index in [0.29, 0.717) is 25.6 Å². The first-order valence-corrected chi connectivity index (χ1v) is 14.4. The zero-order valence-electron chi connectivity index (χ0n) is 18.1. The van der Waals surface area contributed by atoms with Crippen LogP contribution in [0.25, 0.3) is 0 Å². The molecule has 2 aliphatic heterocycles. The Bertz CT molecular complexity index is 999.